The van der Waals surface area contributed by atoms with Gasteiger partial charge < -0.3 is 15.7 Å². The van der Waals surface area contributed by atoms with Gasteiger partial charge in [0.25, 0.3) is 0 Å². The summed E-state index contributed by atoms with van der Waals surface area (Å²) < 4.78 is 0. The average molecular weight is 311 g/mol. The van der Waals surface area contributed by atoms with Crippen molar-refractivity contribution in [2.24, 2.45) is 5.41 Å². The molecule has 1 aromatic rings. The normalized spacial score (nSPS) is 16.7. The highest BCUT2D eigenvalue weighted by Crippen LogP contribution is 2.36. The zero-order valence-corrected chi connectivity index (χ0v) is 13.2. The number of nitrogens with one attached hydrogen (secondary N) is 2. The fraction of sp³-hybridized carbons (Fsp3) is 0.643. The Hall–Kier alpha value is -1.63. The van der Waals surface area contributed by atoms with Crippen LogP contribution >= 0.6 is 11.3 Å². The van der Waals surface area contributed by atoms with E-state index in [1.807, 2.05) is 0 Å². The van der Waals surface area contributed by atoms with Gasteiger partial charge in [-0.3, -0.25) is 0 Å². The summed E-state index contributed by atoms with van der Waals surface area (Å²) in [6, 6.07) is -0.229. The van der Waals surface area contributed by atoms with Crippen LogP contribution in [-0.4, -0.2) is 28.6 Å². The quantitative estimate of drug-likeness (QED) is 0.779. The molecule has 0 unspecified atom stereocenters. The summed E-state index contributed by atoms with van der Waals surface area (Å²) in [5.41, 5.74) is 0.703. The van der Waals surface area contributed by atoms with Crippen LogP contribution in [0.25, 0.3) is 0 Å². The van der Waals surface area contributed by atoms with Crippen LogP contribution in [0.3, 0.4) is 0 Å². The first-order valence-corrected chi connectivity index (χ1v) is 7.93. The highest BCUT2D eigenvalue weighted by molar-refractivity contribution is 7.13. The summed E-state index contributed by atoms with van der Waals surface area (Å²) in [5.74, 6) is -0.977. The summed E-state index contributed by atoms with van der Waals surface area (Å²) >= 11 is 1.10. The molecule has 0 aliphatic heterocycles. The highest BCUT2D eigenvalue weighted by atomic mass is 32.1. The maximum Gasteiger partial charge on any atom is 0.347 e. The Bertz CT molecular complexity index is 536. The van der Waals surface area contributed by atoms with Crippen molar-refractivity contribution in [3.8, 4) is 0 Å². The van der Waals surface area contributed by atoms with Crippen molar-refractivity contribution in [3.63, 3.8) is 0 Å². The zero-order valence-electron chi connectivity index (χ0n) is 12.4. The predicted molar refractivity (Wildman–Crippen MR) is 80.6 cm³/mol. The Balaban J connectivity index is 1.78. The molecule has 2 amide bonds. The van der Waals surface area contributed by atoms with Crippen LogP contribution in [0.15, 0.2) is 0 Å². The van der Waals surface area contributed by atoms with E-state index in [0.717, 1.165) is 24.2 Å². The van der Waals surface area contributed by atoms with E-state index in [9.17, 15) is 9.59 Å². The van der Waals surface area contributed by atoms with Gasteiger partial charge in [0.05, 0.1) is 12.2 Å². The number of thiazole rings is 1. The lowest BCUT2D eigenvalue weighted by molar-refractivity contribution is 0.0701. The van der Waals surface area contributed by atoms with Gasteiger partial charge in [0.2, 0.25) is 0 Å². The number of nitrogens with zero attached hydrogens (tertiary/aromatic N) is 1. The van der Waals surface area contributed by atoms with Crippen molar-refractivity contribution >= 4 is 23.3 Å². The second kappa shape index (κ2) is 6.43. The number of carboxylic acid groups (broad SMARTS) is 1. The number of hydrogen-bond donors (Lipinski definition) is 3. The maximum absolute atomic E-state index is 11.8. The van der Waals surface area contributed by atoms with Gasteiger partial charge >= 0.3 is 12.0 Å². The molecular formula is C14H21N3O3S. The Morgan fingerprint density at radius 3 is 2.57 bits per heavy atom. The minimum absolute atomic E-state index is 0.214. The molecule has 0 aromatic carbocycles. The van der Waals surface area contributed by atoms with E-state index in [0.29, 0.717) is 17.2 Å². The lowest BCUT2D eigenvalue weighted by Gasteiger charge is -2.23. The molecule has 2 rings (SSSR count). The minimum Gasteiger partial charge on any atom is -0.477 e. The number of amides is 2. The second-order valence-corrected chi connectivity index (χ2v) is 6.96. The number of aromatic nitrogens is 1. The van der Waals surface area contributed by atoms with E-state index in [-0.39, 0.29) is 22.9 Å². The van der Waals surface area contributed by atoms with Crippen molar-refractivity contribution in [2.75, 3.05) is 6.54 Å². The van der Waals surface area contributed by atoms with Crippen LogP contribution in [0.2, 0.25) is 0 Å². The zero-order chi connectivity index (χ0) is 15.5. The summed E-state index contributed by atoms with van der Waals surface area (Å²) in [4.78, 5) is 27.1. The molecule has 1 aromatic heterocycles. The Morgan fingerprint density at radius 2 is 2.00 bits per heavy atom. The van der Waals surface area contributed by atoms with E-state index >= 15 is 0 Å². The first-order valence-electron chi connectivity index (χ1n) is 7.11. The Labute approximate surface area is 128 Å². The van der Waals surface area contributed by atoms with E-state index in [1.165, 1.54) is 12.8 Å². The van der Waals surface area contributed by atoms with Gasteiger partial charge in [-0.15, -0.1) is 11.3 Å². The molecule has 21 heavy (non-hydrogen) atoms. The molecule has 0 spiro atoms. The summed E-state index contributed by atoms with van der Waals surface area (Å²) in [5, 5.41) is 15.2. The fourth-order valence-electron chi connectivity index (χ4n) is 2.64. The number of aryl methyl sites for hydroxylation is 1. The van der Waals surface area contributed by atoms with Crippen molar-refractivity contribution in [2.45, 2.75) is 46.1 Å². The molecule has 3 N–H and O–H groups in total. The van der Waals surface area contributed by atoms with E-state index in [4.69, 9.17) is 5.11 Å². The molecule has 1 saturated carbocycles. The number of carbonyl (C=O) groups is 2. The smallest absolute Gasteiger partial charge is 0.347 e. The molecule has 1 fully saturated rings. The van der Waals surface area contributed by atoms with Crippen molar-refractivity contribution in [3.05, 3.63) is 15.6 Å². The third-order valence-electron chi connectivity index (χ3n) is 3.92. The van der Waals surface area contributed by atoms with E-state index in [2.05, 4.69) is 22.5 Å². The molecule has 1 aliphatic carbocycles. The molecular weight excluding hydrogens is 290 g/mol. The van der Waals surface area contributed by atoms with Gasteiger partial charge in [0.15, 0.2) is 0 Å². The van der Waals surface area contributed by atoms with Crippen molar-refractivity contribution in [1.82, 2.24) is 15.6 Å². The summed E-state index contributed by atoms with van der Waals surface area (Å²) in [6.07, 6.45) is 4.77. The number of rotatable bonds is 5. The number of aromatic carboxylic acids is 1. The highest BCUT2D eigenvalue weighted by Gasteiger charge is 2.28. The van der Waals surface area contributed by atoms with Gasteiger partial charge in [-0.05, 0) is 25.2 Å². The molecule has 116 valence electrons. The van der Waals surface area contributed by atoms with Crippen molar-refractivity contribution in [1.29, 1.82) is 0 Å². The largest absolute Gasteiger partial charge is 0.477 e. The minimum atomic E-state index is -0.977. The topological polar surface area (TPSA) is 91.3 Å². The monoisotopic (exact) mass is 311 g/mol. The average Bonchev–Trinajstić information content (AvgIpc) is 3.01. The van der Waals surface area contributed by atoms with E-state index in [1.54, 1.807) is 6.92 Å². The van der Waals surface area contributed by atoms with Crippen LogP contribution < -0.4 is 10.6 Å². The number of carboxylic acids is 1. The van der Waals surface area contributed by atoms with Crippen LogP contribution in [0.4, 0.5) is 4.79 Å². The first kappa shape index (κ1) is 15.8. The summed E-state index contributed by atoms with van der Waals surface area (Å²) in [7, 11) is 0. The standard InChI is InChI=1S/C14H21N3O3S/c1-9-11(12(18)19)21-10(17-9)7-15-13(20)16-8-14(2)5-3-4-6-14/h3-8H2,1-2H3,(H,18,19)(H2,15,16,20). The van der Waals surface area contributed by atoms with Crippen LogP contribution in [0.1, 0.15) is 53.0 Å². The van der Waals surface area contributed by atoms with Gasteiger partial charge in [-0.2, -0.15) is 0 Å². The predicted octanol–water partition coefficient (Wildman–Crippen LogP) is 2.53. The Kier molecular flexibility index (Phi) is 4.82. The molecule has 0 saturated heterocycles. The SMILES string of the molecule is Cc1nc(CNC(=O)NCC2(C)CCCC2)sc1C(=O)O. The third-order valence-corrected chi connectivity index (χ3v) is 5.07. The van der Waals surface area contributed by atoms with Gasteiger partial charge in [-0.1, -0.05) is 19.8 Å². The first-order chi connectivity index (χ1) is 9.89. The second-order valence-electron chi connectivity index (χ2n) is 5.88. The van der Waals surface area contributed by atoms with Gasteiger partial charge in [0, 0.05) is 6.54 Å². The van der Waals surface area contributed by atoms with E-state index < -0.39 is 5.97 Å². The van der Waals surface area contributed by atoms with Crippen molar-refractivity contribution < 1.29 is 14.7 Å². The summed E-state index contributed by atoms with van der Waals surface area (Å²) in [6.45, 7) is 4.78. The van der Waals surface area contributed by atoms with Gasteiger partial charge in [0.1, 0.15) is 9.88 Å². The number of urea groups is 1. The van der Waals surface area contributed by atoms with Crippen LogP contribution in [0.5, 0.6) is 0 Å². The molecule has 7 heteroatoms. The fourth-order valence-corrected chi connectivity index (χ4v) is 3.49. The lowest BCUT2D eigenvalue weighted by Crippen LogP contribution is -2.40. The Morgan fingerprint density at radius 1 is 1.33 bits per heavy atom. The maximum atomic E-state index is 11.8. The lowest BCUT2D eigenvalue weighted by atomic mass is 9.89. The van der Waals surface area contributed by atoms with Crippen LogP contribution in [0, 0.1) is 12.3 Å². The van der Waals surface area contributed by atoms with Gasteiger partial charge in [-0.25, -0.2) is 14.6 Å². The third kappa shape index (κ3) is 4.17. The molecule has 6 nitrogen and oxygen atoms in total. The molecule has 1 aliphatic rings. The molecule has 0 bridgehead atoms. The number of hydrogen-bond acceptors (Lipinski definition) is 4. The molecule has 1 heterocycles. The molecule has 0 atom stereocenters. The van der Waals surface area contributed by atoms with Crippen LogP contribution in [-0.2, 0) is 6.54 Å². The number of carbonyl (C=O) groups excluding carboxylic acids is 1. The molecule has 0 radical (unpaired) electrons.